The van der Waals surface area contributed by atoms with Crippen molar-refractivity contribution >= 4 is 28.2 Å². The maximum absolute atomic E-state index is 12.4. The monoisotopic (exact) mass is 369 g/mol. The second-order valence-electron chi connectivity index (χ2n) is 6.78. The Hall–Kier alpha value is -1.44. The molecule has 7 heteroatoms. The van der Waals surface area contributed by atoms with Crippen LogP contribution in [-0.4, -0.2) is 52.2 Å². The van der Waals surface area contributed by atoms with Crippen molar-refractivity contribution < 1.29 is 24.5 Å². The Morgan fingerprint density at radius 2 is 2.04 bits per heavy atom. The average molecular weight is 370 g/mol. The van der Waals surface area contributed by atoms with E-state index in [9.17, 15) is 9.59 Å². The van der Waals surface area contributed by atoms with E-state index < -0.39 is 0 Å². The number of thiophene rings is 1. The summed E-state index contributed by atoms with van der Waals surface area (Å²) in [6.45, 7) is 4.57. The van der Waals surface area contributed by atoms with Gasteiger partial charge in [0.15, 0.2) is 6.54 Å². The largest absolute Gasteiger partial charge is 0.462 e. The molecular formula is C18H31N3O3S+2. The first-order chi connectivity index (χ1) is 12.0. The maximum atomic E-state index is 12.4. The Kier molecular flexibility index (Phi) is 7.87. The average Bonchev–Trinajstić information content (AvgIpc) is 2.92. The van der Waals surface area contributed by atoms with Crippen molar-refractivity contribution in [2.24, 2.45) is 0 Å². The van der Waals surface area contributed by atoms with Crippen molar-refractivity contribution in [3.8, 4) is 0 Å². The minimum Gasteiger partial charge on any atom is -0.462 e. The molecule has 1 aliphatic rings. The zero-order chi connectivity index (χ0) is 18.2. The van der Waals surface area contributed by atoms with Gasteiger partial charge < -0.3 is 20.3 Å². The Morgan fingerprint density at radius 3 is 2.76 bits per heavy atom. The number of aryl methyl sites for hydroxylation is 1. The number of esters is 1. The van der Waals surface area contributed by atoms with Crippen molar-refractivity contribution in [1.29, 1.82) is 0 Å². The van der Waals surface area contributed by atoms with Gasteiger partial charge in [-0.3, -0.25) is 4.79 Å². The van der Waals surface area contributed by atoms with Gasteiger partial charge in [-0.25, -0.2) is 4.79 Å². The normalized spacial score (nSPS) is 13.6. The Bertz CT molecular complexity index is 599. The van der Waals surface area contributed by atoms with Crippen LogP contribution in [0.4, 0.5) is 5.00 Å². The SMILES string of the molecule is CCOC(=O)c1c(NC(=O)C[NH2+]CCC[NH+](C)C)sc2c1CCCC2. The number of amides is 1. The third-order valence-corrected chi connectivity index (χ3v) is 5.53. The van der Waals surface area contributed by atoms with Gasteiger partial charge in [-0.15, -0.1) is 11.3 Å². The van der Waals surface area contributed by atoms with Crippen LogP contribution in [0.3, 0.4) is 0 Å². The number of hydrogen-bond acceptors (Lipinski definition) is 4. The van der Waals surface area contributed by atoms with Crippen LogP contribution >= 0.6 is 11.3 Å². The third kappa shape index (κ3) is 5.80. The first-order valence-electron chi connectivity index (χ1n) is 9.25. The Labute approximate surface area is 153 Å². The number of ether oxygens (including phenoxy) is 1. The molecule has 0 saturated heterocycles. The fourth-order valence-electron chi connectivity index (χ4n) is 3.08. The van der Waals surface area contributed by atoms with Crippen molar-refractivity contribution in [1.82, 2.24) is 0 Å². The lowest BCUT2D eigenvalue weighted by atomic mass is 9.95. The van der Waals surface area contributed by atoms with Crippen LogP contribution in [0.25, 0.3) is 0 Å². The van der Waals surface area contributed by atoms with Gasteiger partial charge in [-0.2, -0.15) is 0 Å². The molecule has 1 aromatic rings. The molecule has 1 aromatic heterocycles. The summed E-state index contributed by atoms with van der Waals surface area (Å²) in [6.07, 6.45) is 5.20. The van der Waals surface area contributed by atoms with Crippen LogP contribution in [-0.2, 0) is 22.4 Å². The first kappa shape index (κ1) is 19.9. The van der Waals surface area contributed by atoms with E-state index in [1.54, 1.807) is 18.3 Å². The summed E-state index contributed by atoms with van der Waals surface area (Å²) in [5.41, 5.74) is 1.68. The number of nitrogens with two attached hydrogens (primary N) is 1. The molecule has 1 aliphatic carbocycles. The van der Waals surface area contributed by atoms with Crippen molar-refractivity contribution in [2.75, 3.05) is 45.7 Å². The summed E-state index contributed by atoms with van der Waals surface area (Å²) in [5, 5.41) is 5.64. The van der Waals surface area contributed by atoms with Crippen LogP contribution in [0.5, 0.6) is 0 Å². The first-order valence-corrected chi connectivity index (χ1v) is 10.1. The number of quaternary nitrogens is 2. The van der Waals surface area contributed by atoms with Gasteiger partial charge in [0, 0.05) is 11.3 Å². The molecule has 0 aromatic carbocycles. The van der Waals surface area contributed by atoms with Gasteiger partial charge in [0.05, 0.1) is 39.4 Å². The van der Waals surface area contributed by atoms with Crippen LogP contribution in [0, 0.1) is 0 Å². The molecule has 1 heterocycles. The highest BCUT2D eigenvalue weighted by atomic mass is 32.1. The number of anilines is 1. The molecule has 6 nitrogen and oxygen atoms in total. The van der Waals surface area contributed by atoms with E-state index in [4.69, 9.17) is 4.74 Å². The topological polar surface area (TPSA) is 76.4 Å². The minimum atomic E-state index is -0.310. The summed E-state index contributed by atoms with van der Waals surface area (Å²) >= 11 is 1.54. The van der Waals surface area contributed by atoms with Crippen LogP contribution < -0.4 is 15.5 Å². The molecule has 1 amide bonds. The van der Waals surface area contributed by atoms with Gasteiger partial charge in [0.1, 0.15) is 5.00 Å². The number of rotatable bonds is 9. The highest BCUT2D eigenvalue weighted by Gasteiger charge is 2.27. The third-order valence-electron chi connectivity index (χ3n) is 4.32. The molecule has 4 N–H and O–H groups in total. The number of carbonyl (C=O) groups excluding carboxylic acids is 2. The van der Waals surface area contributed by atoms with Crippen molar-refractivity contribution in [3.63, 3.8) is 0 Å². The van der Waals surface area contributed by atoms with Crippen molar-refractivity contribution in [3.05, 3.63) is 16.0 Å². The Morgan fingerprint density at radius 1 is 1.28 bits per heavy atom. The van der Waals surface area contributed by atoms with Crippen LogP contribution in [0.15, 0.2) is 0 Å². The Balaban J connectivity index is 1.97. The minimum absolute atomic E-state index is 0.0543. The molecule has 140 valence electrons. The van der Waals surface area contributed by atoms with Crippen LogP contribution in [0.1, 0.15) is 47.0 Å². The smallest absolute Gasteiger partial charge is 0.341 e. The number of nitrogens with one attached hydrogen (secondary N) is 2. The van der Waals surface area contributed by atoms with E-state index in [1.807, 2.05) is 5.32 Å². The predicted molar refractivity (Wildman–Crippen MR) is 99.5 cm³/mol. The molecular weight excluding hydrogens is 338 g/mol. The molecule has 0 spiro atoms. The predicted octanol–water partition coefficient (Wildman–Crippen LogP) is -0.160. The molecule has 0 radical (unpaired) electrons. The summed E-state index contributed by atoms with van der Waals surface area (Å²) in [4.78, 5) is 27.3. The van der Waals surface area contributed by atoms with Gasteiger partial charge >= 0.3 is 5.97 Å². The van der Waals surface area contributed by atoms with E-state index in [1.165, 1.54) is 9.78 Å². The lowest BCUT2D eigenvalue weighted by Crippen LogP contribution is -3.06. The van der Waals surface area contributed by atoms with Gasteiger partial charge in [0.2, 0.25) is 0 Å². The van der Waals surface area contributed by atoms with Crippen LogP contribution in [0.2, 0.25) is 0 Å². The van der Waals surface area contributed by atoms with E-state index in [-0.39, 0.29) is 11.9 Å². The highest BCUT2D eigenvalue weighted by molar-refractivity contribution is 7.17. The molecule has 0 saturated carbocycles. The summed E-state index contributed by atoms with van der Waals surface area (Å²) in [5.74, 6) is -0.364. The second kappa shape index (κ2) is 9.89. The fourth-order valence-corrected chi connectivity index (χ4v) is 4.38. The van der Waals surface area contributed by atoms with E-state index in [0.29, 0.717) is 23.7 Å². The lowest BCUT2D eigenvalue weighted by Gasteiger charge is -2.12. The summed E-state index contributed by atoms with van der Waals surface area (Å²) < 4.78 is 5.22. The standard InChI is InChI=1S/C18H29N3O3S/c1-4-24-18(23)16-13-8-5-6-9-14(13)25-17(16)20-15(22)12-19-10-7-11-21(2)3/h19H,4-12H2,1-3H3,(H,20,22)/p+2. The quantitative estimate of drug-likeness (QED) is 0.418. The van der Waals surface area contributed by atoms with Gasteiger partial charge in [-0.05, 0) is 38.2 Å². The molecule has 0 fully saturated rings. The molecule has 0 aliphatic heterocycles. The molecule has 25 heavy (non-hydrogen) atoms. The molecule has 2 rings (SSSR count). The fraction of sp³-hybridized carbons (Fsp3) is 0.667. The van der Waals surface area contributed by atoms with E-state index in [0.717, 1.165) is 50.8 Å². The lowest BCUT2D eigenvalue weighted by molar-refractivity contribution is -0.860. The zero-order valence-electron chi connectivity index (χ0n) is 15.6. The van der Waals surface area contributed by atoms with Gasteiger partial charge in [0.25, 0.3) is 5.91 Å². The molecule has 0 unspecified atom stereocenters. The maximum Gasteiger partial charge on any atom is 0.341 e. The van der Waals surface area contributed by atoms with E-state index >= 15 is 0 Å². The summed E-state index contributed by atoms with van der Waals surface area (Å²) in [7, 11) is 4.25. The summed E-state index contributed by atoms with van der Waals surface area (Å²) in [6, 6.07) is 0. The number of carbonyl (C=O) groups is 2. The number of fused-ring (bicyclic) bond motifs is 1. The van der Waals surface area contributed by atoms with E-state index in [2.05, 4.69) is 19.4 Å². The second-order valence-corrected chi connectivity index (χ2v) is 7.88. The molecule has 0 bridgehead atoms. The van der Waals surface area contributed by atoms with Gasteiger partial charge in [-0.1, -0.05) is 0 Å². The molecule has 0 atom stereocenters. The zero-order valence-corrected chi connectivity index (χ0v) is 16.4. The van der Waals surface area contributed by atoms with Crippen molar-refractivity contribution in [2.45, 2.75) is 39.0 Å². The number of hydrogen-bond donors (Lipinski definition) is 3. The highest BCUT2D eigenvalue weighted by Crippen LogP contribution is 2.38.